The molecule has 0 aliphatic rings. The van der Waals surface area contributed by atoms with E-state index >= 15 is 0 Å². The van der Waals surface area contributed by atoms with Gasteiger partial charge in [0, 0.05) is 14.1 Å². The first-order valence-electron chi connectivity index (χ1n) is 5.82. The fourth-order valence-corrected chi connectivity index (χ4v) is 1.28. The smallest absolute Gasteiger partial charge is 0.332 e. The lowest BCUT2D eigenvalue weighted by Gasteiger charge is -2.13. The molecule has 1 aromatic heterocycles. The summed E-state index contributed by atoms with van der Waals surface area (Å²) in [5.41, 5.74) is 5.93. The molecule has 0 spiro atoms. The van der Waals surface area contributed by atoms with Crippen molar-refractivity contribution in [3.05, 3.63) is 18.3 Å². The Morgan fingerprint density at radius 2 is 2.16 bits per heavy atom. The normalized spacial score (nSPS) is 11.6. The number of esters is 1. The van der Waals surface area contributed by atoms with Crippen molar-refractivity contribution in [3.8, 4) is 0 Å². The van der Waals surface area contributed by atoms with Gasteiger partial charge in [-0.25, -0.2) is 9.78 Å². The average Bonchev–Trinajstić information content (AvgIpc) is 2.38. The van der Waals surface area contributed by atoms with Crippen LogP contribution in [0, 0.1) is 0 Å². The third kappa shape index (κ3) is 4.22. The second kappa shape index (κ2) is 6.69. The van der Waals surface area contributed by atoms with Gasteiger partial charge in [0.2, 0.25) is 0 Å². The number of nitrogens with zero attached hydrogens (tertiary/aromatic N) is 2. The maximum atomic E-state index is 11.7. The minimum absolute atomic E-state index is 0.179. The summed E-state index contributed by atoms with van der Waals surface area (Å²) in [6.45, 7) is 1.82. The van der Waals surface area contributed by atoms with Crippen molar-refractivity contribution in [1.82, 2.24) is 4.98 Å². The summed E-state index contributed by atoms with van der Waals surface area (Å²) in [5, 5.41) is 2.50. The second-order valence-corrected chi connectivity index (χ2v) is 4.02. The second-order valence-electron chi connectivity index (χ2n) is 4.02. The lowest BCUT2D eigenvalue weighted by atomic mass is 10.3. The highest BCUT2D eigenvalue weighted by atomic mass is 16.5. The molecule has 0 saturated carbocycles. The molecule has 0 radical (unpaired) electrons. The van der Waals surface area contributed by atoms with Crippen LogP contribution in [0.1, 0.15) is 6.92 Å². The van der Waals surface area contributed by atoms with E-state index in [1.165, 1.54) is 6.20 Å². The Balaban J connectivity index is 2.64. The molecule has 19 heavy (non-hydrogen) atoms. The number of carbonyl (C=O) groups is 2. The van der Waals surface area contributed by atoms with Crippen LogP contribution in [-0.4, -0.2) is 43.6 Å². The molecule has 0 bridgehead atoms. The van der Waals surface area contributed by atoms with Crippen LogP contribution in [0.2, 0.25) is 0 Å². The number of hydrogen-bond donors (Lipinski definition) is 2. The number of anilines is 2. The van der Waals surface area contributed by atoms with Crippen LogP contribution >= 0.6 is 0 Å². The first-order valence-corrected chi connectivity index (χ1v) is 5.82. The first kappa shape index (κ1) is 14.9. The predicted molar refractivity (Wildman–Crippen MR) is 71.8 cm³/mol. The number of aromatic nitrogens is 1. The van der Waals surface area contributed by atoms with Gasteiger partial charge in [-0.2, -0.15) is 0 Å². The topological polar surface area (TPSA) is 97.5 Å². The number of nitrogens with one attached hydrogen (secondary N) is 1. The maximum absolute atomic E-state index is 11.7. The van der Waals surface area contributed by atoms with Crippen molar-refractivity contribution < 1.29 is 14.3 Å². The quantitative estimate of drug-likeness (QED) is 0.574. The Kier molecular flexibility index (Phi) is 5.25. The molecule has 7 nitrogen and oxygen atoms in total. The molecule has 1 rings (SSSR count). The largest absolute Gasteiger partial charge is 0.464 e. The highest BCUT2D eigenvalue weighted by molar-refractivity contribution is 6.08. The Bertz CT molecular complexity index is 445. The molecule has 1 amide bonds. The van der Waals surface area contributed by atoms with Crippen LogP contribution in [0.3, 0.4) is 0 Å². The SMILES string of the molecule is CCOC(=O)C(N)C(=O)Nc1ccc(N(C)C)nc1. The molecule has 0 aromatic carbocycles. The van der Waals surface area contributed by atoms with Gasteiger partial charge in [0.05, 0.1) is 18.5 Å². The number of nitrogens with two attached hydrogens (primary N) is 1. The van der Waals surface area contributed by atoms with Gasteiger partial charge in [-0.3, -0.25) is 4.79 Å². The molecule has 0 aliphatic carbocycles. The number of pyridine rings is 1. The lowest BCUT2D eigenvalue weighted by molar-refractivity contribution is -0.146. The van der Waals surface area contributed by atoms with Crippen LogP contribution in [-0.2, 0) is 14.3 Å². The van der Waals surface area contributed by atoms with Crippen molar-refractivity contribution >= 4 is 23.4 Å². The molecule has 104 valence electrons. The van der Waals surface area contributed by atoms with Gasteiger partial charge < -0.3 is 20.7 Å². The minimum Gasteiger partial charge on any atom is -0.464 e. The number of ether oxygens (including phenoxy) is 1. The standard InChI is InChI=1S/C12H18N4O3/c1-4-19-12(18)10(13)11(17)15-8-5-6-9(14-7-8)16(2)3/h5-7,10H,4,13H2,1-3H3,(H,15,17). The summed E-state index contributed by atoms with van der Waals surface area (Å²) in [6.07, 6.45) is 1.49. The van der Waals surface area contributed by atoms with Gasteiger partial charge >= 0.3 is 5.97 Å². The molecule has 1 aromatic rings. The average molecular weight is 266 g/mol. The molecular weight excluding hydrogens is 248 g/mol. The van der Waals surface area contributed by atoms with Gasteiger partial charge in [0.25, 0.3) is 5.91 Å². The number of carbonyl (C=O) groups excluding carboxylic acids is 2. The van der Waals surface area contributed by atoms with Gasteiger partial charge in [0.15, 0.2) is 6.04 Å². The van der Waals surface area contributed by atoms with E-state index in [1.54, 1.807) is 19.1 Å². The van der Waals surface area contributed by atoms with Crippen molar-refractivity contribution in [1.29, 1.82) is 0 Å². The summed E-state index contributed by atoms with van der Waals surface area (Å²) in [4.78, 5) is 28.9. The molecule has 3 N–H and O–H groups in total. The zero-order chi connectivity index (χ0) is 14.4. The van der Waals surface area contributed by atoms with E-state index in [0.717, 1.165) is 5.82 Å². The maximum Gasteiger partial charge on any atom is 0.332 e. The van der Waals surface area contributed by atoms with E-state index in [1.807, 2.05) is 19.0 Å². The highest BCUT2D eigenvalue weighted by Crippen LogP contribution is 2.11. The number of amides is 1. The minimum atomic E-state index is -1.34. The molecular formula is C12H18N4O3. The molecule has 7 heteroatoms. The van der Waals surface area contributed by atoms with Crippen molar-refractivity contribution in [2.24, 2.45) is 5.73 Å². The van der Waals surface area contributed by atoms with Gasteiger partial charge in [0.1, 0.15) is 5.82 Å². The summed E-state index contributed by atoms with van der Waals surface area (Å²) < 4.78 is 4.67. The third-order valence-corrected chi connectivity index (χ3v) is 2.30. The van der Waals surface area contributed by atoms with Crippen molar-refractivity contribution in [2.75, 3.05) is 30.9 Å². The fourth-order valence-electron chi connectivity index (χ4n) is 1.28. The monoisotopic (exact) mass is 266 g/mol. The molecule has 1 atom stereocenters. The Hall–Kier alpha value is -2.15. The number of rotatable bonds is 5. The van der Waals surface area contributed by atoms with E-state index in [2.05, 4.69) is 15.0 Å². The van der Waals surface area contributed by atoms with Crippen LogP contribution < -0.4 is 16.0 Å². The zero-order valence-corrected chi connectivity index (χ0v) is 11.2. The van der Waals surface area contributed by atoms with Crippen LogP contribution in [0.5, 0.6) is 0 Å². The first-order chi connectivity index (χ1) is 8.95. The van der Waals surface area contributed by atoms with Gasteiger partial charge in [-0.15, -0.1) is 0 Å². The van der Waals surface area contributed by atoms with E-state index in [9.17, 15) is 9.59 Å². The summed E-state index contributed by atoms with van der Waals surface area (Å²) in [7, 11) is 3.72. The summed E-state index contributed by atoms with van der Waals surface area (Å²) in [5.74, 6) is -0.622. The Morgan fingerprint density at radius 1 is 1.47 bits per heavy atom. The molecule has 0 aliphatic heterocycles. The lowest BCUT2D eigenvalue weighted by Crippen LogP contribution is -2.43. The summed E-state index contributed by atoms with van der Waals surface area (Å²) in [6, 6.07) is 2.08. The van der Waals surface area contributed by atoms with E-state index in [0.29, 0.717) is 5.69 Å². The molecule has 1 unspecified atom stereocenters. The van der Waals surface area contributed by atoms with E-state index in [4.69, 9.17) is 5.73 Å². The van der Waals surface area contributed by atoms with Crippen LogP contribution in [0.4, 0.5) is 11.5 Å². The molecule has 0 saturated heterocycles. The molecule has 0 fully saturated rings. The van der Waals surface area contributed by atoms with Crippen LogP contribution in [0.15, 0.2) is 18.3 Å². The Morgan fingerprint density at radius 3 is 2.63 bits per heavy atom. The zero-order valence-electron chi connectivity index (χ0n) is 11.2. The van der Waals surface area contributed by atoms with Crippen molar-refractivity contribution in [3.63, 3.8) is 0 Å². The van der Waals surface area contributed by atoms with Crippen LogP contribution in [0.25, 0.3) is 0 Å². The predicted octanol–water partition coefficient (Wildman–Crippen LogP) is -0.0235. The number of hydrogen-bond acceptors (Lipinski definition) is 6. The fraction of sp³-hybridized carbons (Fsp3) is 0.417. The third-order valence-electron chi connectivity index (χ3n) is 2.30. The van der Waals surface area contributed by atoms with E-state index in [-0.39, 0.29) is 6.61 Å². The van der Waals surface area contributed by atoms with E-state index < -0.39 is 17.9 Å². The van der Waals surface area contributed by atoms with Crippen molar-refractivity contribution in [2.45, 2.75) is 13.0 Å². The van der Waals surface area contributed by atoms with Gasteiger partial charge in [-0.05, 0) is 19.1 Å². The molecule has 1 heterocycles. The Labute approximate surface area is 111 Å². The highest BCUT2D eigenvalue weighted by Gasteiger charge is 2.23. The summed E-state index contributed by atoms with van der Waals surface area (Å²) >= 11 is 0. The van der Waals surface area contributed by atoms with Gasteiger partial charge in [-0.1, -0.05) is 0 Å².